The van der Waals surface area contributed by atoms with Gasteiger partial charge >= 0.3 is 0 Å². The molecule has 1 unspecified atom stereocenters. The van der Waals surface area contributed by atoms with Crippen molar-refractivity contribution in [2.75, 3.05) is 40.4 Å². The molecule has 0 radical (unpaired) electrons. The van der Waals surface area contributed by atoms with Gasteiger partial charge in [-0.25, -0.2) is 0 Å². The van der Waals surface area contributed by atoms with Crippen molar-refractivity contribution >= 4 is 7.82 Å². The van der Waals surface area contributed by atoms with Gasteiger partial charge in [0, 0.05) is 0 Å². The SMILES string of the molecule is CCCCCCCCCCCCCCCCCCOP(=O)([O-])OCC[N+](C)(C)CCCCCCCCCCCCCCCCCC. The minimum atomic E-state index is -4.19. The molecule has 1 atom stereocenters. The second-order valence-corrected chi connectivity index (χ2v) is 16.5. The van der Waals surface area contributed by atoms with Gasteiger partial charge in [0.1, 0.15) is 13.2 Å². The van der Waals surface area contributed by atoms with Crippen molar-refractivity contribution in [3.05, 3.63) is 0 Å². The molecule has 0 heterocycles. The highest BCUT2D eigenvalue weighted by Gasteiger charge is 2.17. The molecule has 0 aliphatic rings. The molecule has 0 saturated carbocycles. The number of hydrogen-bond acceptors (Lipinski definition) is 4. The molecule has 278 valence electrons. The maximum Gasteiger partial charge on any atom is 0.268 e. The summed E-state index contributed by atoms with van der Waals surface area (Å²) in [5.41, 5.74) is 0. The van der Waals surface area contributed by atoms with Crippen molar-refractivity contribution in [3.63, 3.8) is 0 Å². The lowest BCUT2D eigenvalue weighted by Gasteiger charge is -2.31. The predicted octanol–water partition coefficient (Wildman–Crippen LogP) is 13.1. The topological polar surface area (TPSA) is 58.6 Å². The molecule has 6 heteroatoms. The van der Waals surface area contributed by atoms with Crippen LogP contribution in [-0.2, 0) is 13.6 Å². The largest absolute Gasteiger partial charge is 0.756 e. The van der Waals surface area contributed by atoms with Gasteiger partial charge in [0.15, 0.2) is 0 Å². The van der Waals surface area contributed by atoms with E-state index in [4.69, 9.17) is 9.05 Å². The van der Waals surface area contributed by atoms with Crippen LogP contribution in [0.3, 0.4) is 0 Å². The third kappa shape index (κ3) is 36.9. The molecular formula is C40H84NO4P. The van der Waals surface area contributed by atoms with Crippen molar-refractivity contribution < 1.29 is 23.0 Å². The van der Waals surface area contributed by atoms with Crippen LogP contribution < -0.4 is 4.89 Å². The van der Waals surface area contributed by atoms with Crippen molar-refractivity contribution in [1.29, 1.82) is 0 Å². The molecule has 0 fully saturated rings. The maximum atomic E-state index is 12.2. The molecule has 0 saturated heterocycles. The van der Waals surface area contributed by atoms with Crippen molar-refractivity contribution in [2.45, 2.75) is 219 Å². The summed E-state index contributed by atoms with van der Waals surface area (Å²) in [5.74, 6) is 0. The van der Waals surface area contributed by atoms with Crippen LogP contribution in [0.25, 0.3) is 0 Å². The van der Waals surface area contributed by atoms with E-state index in [0.29, 0.717) is 6.54 Å². The lowest BCUT2D eigenvalue weighted by atomic mass is 10.0. The van der Waals surface area contributed by atoms with Crippen molar-refractivity contribution in [2.24, 2.45) is 0 Å². The van der Waals surface area contributed by atoms with Crippen LogP contribution in [0.4, 0.5) is 0 Å². The Labute approximate surface area is 290 Å². The highest BCUT2D eigenvalue weighted by atomic mass is 31.2. The van der Waals surface area contributed by atoms with Crippen molar-refractivity contribution in [3.8, 4) is 0 Å². The van der Waals surface area contributed by atoms with Crippen LogP contribution in [-0.4, -0.2) is 44.9 Å². The van der Waals surface area contributed by atoms with E-state index in [2.05, 4.69) is 27.9 Å². The molecule has 0 aromatic carbocycles. The molecule has 0 N–H and O–H groups in total. The van der Waals surface area contributed by atoms with Crippen LogP contribution in [0.15, 0.2) is 0 Å². The van der Waals surface area contributed by atoms with E-state index >= 15 is 0 Å². The number of phosphoric ester groups is 1. The van der Waals surface area contributed by atoms with E-state index < -0.39 is 7.82 Å². The quantitative estimate of drug-likeness (QED) is 0.0370. The molecule has 46 heavy (non-hydrogen) atoms. The third-order valence-electron chi connectivity index (χ3n) is 9.81. The van der Waals surface area contributed by atoms with Gasteiger partial charge in [0.2, 0.25) is 0 Å². The smallest absolute Gasteiger partial charge is 0.268 e. The number of hydrogen-bond donors (Lipinski definition) is 0. The van der Waals surface area contributed by atoms with E-state index in [1.54, 1.807) is 0 Å². The lowest BCUT2D eigenvalue weighted by molar-refractivity contribution is -0.890. The molecule has 0 amide bonds. The number of rotatable bonds is 39. The molecule has 0 bridgehead atoms. The number of nitrogens with zero attached hydrogens (tertiary/aromatic N) is 1. The van der Waals surface area contributed by atoms with Crippen LogP contribution in [0.5, 0.6) is 0 Å². The Morgan fingerprint density at radius 3 is 0.978 bits per heavy atom. The molecule has 0 aromatic heterocycles. The number of quaternary nitrogens is 1. The number of phosphoric acid groups is 1. The van der Waals surface area contributed by atoms with Gasteiger partial charge < -0.3 is 18.4 Å². The fourth-order valence-corrected chi connectivity index (χ4v) is 7.20. The molecule has 0 rings (SSSR count). The van der Waals surface area contributed by atoms with Crippen LogP contribution >= 0.6 is 7.82 Å². The first kappa shape index (κ1) is 46.1. The van der Waals surface area contributed by atoms with E-state index in [9.17, 15) is 9.46 Å². The van der Waals surface area contributed by atoms with Gasteiger partial charge in [-0.3, -0.25) is 4.57 Å². The standard InChI is InChI=1S/C40H84NO4P/c1-5-7-9-11-13-15-17-19-21-23-25-27-29-31-33-35-37-41(3,4)38-40-45-46(42,43)44-39-36-34-32-30-28-26-24-22-20-18-16-14-12-10-8-6-2/h5-40H2,1-4H3. The third-order valence-corrected chi connectivity index (χ3v) is 10.8. The summed E-state index contributed by atoms with van der Waals surface area (Å²) in [6, 6.07) is 0. The summed E-state index contributed by atoms with van der Waals surface area (Å²) in [6.45, 7) is 6.76. The van der Waals surface area contributed by atoms with Gasteiger partial charge in [-0.2, -0.15) is 0 Å². The second-order valence-electron chi connectivity index (χ2n) is 15.1. The Morgan fingerprint density at radius 1 is 0.391 bits per heavy atom. The minimum absolute atomic E-state index is 0.200. The first-order chi connectivity index (χ1) is 22.3. The Bertz CT molecular complexity index is 645. The zero-order chi connectivity index (χ0) is 33.9. The first-order valence-corrected chi connectivity index (χ1v) is 22.2. The molecule has 0 aliphatic carbocycles. The predicted molar refractivity (Wildman–Crippen MR) is 200 cm³/mol. The summed E-state index contributed by atoms with van der Waals surface area (Å²) in [7, 11) is 0.144. The second kappa shape index (κ2) is 34.9. The first-order valence-electron chi connectivity index (χ1n) is 20.7. The fraction of sp³-hybridized carbons (Fsp3) is 1.00. The molecular weight excluding hydrogens is 589 g/mol. The van der Waals surface area contributed by atoms with Gasteiger partial charge in [-0.05, 0) is 19.3 Å². The zero-order valence-electron chi connectivity index (χ0n) is 32.0. The minimum Gasteiger partial charge on any atom is -0.756 e. The Hall–Kier alpha value is 0.0700. The van der Waals surface area contributed by atoms with Crippen LogP contribution in [0.1, 0.15) is 219 Å². The summed E-state index contributed by atoms with van der Waals surface area (Å²) in [4.78, 5) is 12.2. The van der Waals surface area contributed by atoms with E-state index in [-0.39, 0.29) is 13.2 Å². The highest BCUT2D eigenvalue weighted by Crippen LogP contribution is 2.38. The number of unbranched alkanes of at least 4 members (excludes halogenated alkanes) is 30. The van der Waals surface area contributed by atoms with E-state index in [0.717, 1.165) is 30.3 Å². The summed E-state index contributed by atoms with van der Waals surface area (Å²) in [5, 5.41) is 0. The zero-order valence-corrected chi connectivity index (χ0v) is 32.9. The van der Waals surface area contributed by atoms with Crippen LogP contribution in [0.2, 0.25) is 0 Å². The molecule has 5 nitrogen and oxygen atoms in total. The Morgan fingerprint density at radius 2 is 0.652 bits per heavy atom. The maximum absolute atomic E-state index is 12.2. The normalized spacial score (nSPS) is 13.4. The summed E-state index contributed by atoms with van der Waals surface area (Å²) < 4.78 is 23.3. The van der Waals surface area contributed by atoms with Gasteiger partial charge in [-0.1, -0.05) is 200 Å². The van der Waals surface area contributed by atoms with E-state index in [1.165, 1.54) is 186 Å². The molecule has 0 aromatic rings. The Kier molecular flexibility index (Phi) is 35.0. The average Bonchev–Trinajstić information content (AvgIpc) is 3.02. The van der Waals surface area contributed by atoms with E-state index in [1.807, 2.05) is 0 Å². The summed E-state index contributed by atoms with van der Waals surface area (Å²) in [6.07, 6.45) is 43.0. The lowest BCUT2D eigenvalue weighted by Crippen LogP contribution is -2.43. The molecule has 0 aliphatic heterocycles. The molecule has 0 spiro atoms. The van der Waals surface area contributed by atoms with Gasteiger partial charge in [-0.15, -0.1) is 0 Å². The van der Waals surface area contributed by atoms with Crippen molar-refractivity contribution in [1.82, 2.24) is 0 Å². The number of likely N-dealkylation sites (N-methyl/N-ethyl adjacent to an activating group) is 1. The fourth-order valence-electron chi connectivity index (χ4n) is 6.46. The van der Waals surface area contributed by atoms with Gasteiger partial charge in [0.25, 0.3) is 7.82 Å². The average molecular weight is 674 g/mol. The summed E-state index contributed by atoms with van der Waals surface area (Å²) >= 11 is 0. The van der Waals surface area contributed by atoms with Gasteiger partial charge in [0.05, 0.1) is 27.2 Å². The monoisotopic (exact) mass is 674 g/mol. The highest BCUT2D eigenvalue weighted by molar-refractivity contribution is 7.45. The Balaban J connectivity index is 3.49. The van der Waals surface area contributed by atoms with Crippen LogP contribution in [0, 0.1) is 0 Å².